The molecule has 25 heavy (non-hydrogen) atoms. The van der Waals surface area contributed by atoms with E-state index in [1.807, 2.05) is 24.3 Å². The maximum atomic E-state index is 10.9. The maximum Gasteiger partial charge on any atom is 0.335 e. The second-order valence-electron chi connectivity index (χ2n) is 5.23. The fraction of sp³-hybridized carbons (Fsp3) is 0.105. The van der Waals surface area contributed by atoms with Gasteiger partial charge in [-0.1, -0.05) is 49.1 Å². The highest BCUT2D eigenvalue weighted by Gasteiger charge is 2.07. The summed E-state index contributed by atoms with van der Waals surface area (Å²) in [4.78, 5) is 10.9. The lowest BCUT2D eigenvalue weighted by atomic mass is 10.1. The summed E-state index contributed by atoms with van der Waals surface area (Å²) in [6.45, 7) is 4.26. The number of nitrogens with zero attached hydrogens (tertiary/aromatic N) is 2. The number of hydrogen-bond donors (Lipinski definition) is 2. The monoisotopic (exact) mass is 353 g/mol. The quantitative estimate of drug-likeness (QED) is 0.474. The third kappa shape index (κ3) is 5.26. The summed E-state index contributed by atoms with van der Waals surface area (Å²) in [6, 6.07) is 14.4. The highest BCUT2D eigenvalue weighted by atomic mass is 32.1. The first kappa shape index (κ1) is 18.4. The molecular weight excluding hydrogens is 334 g/mol. The summed E-state index contributed by atoms with van der Waals surface area (Å²) in [5.74, 6) is -0.954. The smallest absolute Gasteiger partial charge is 0.335 e. The minimum Gasteiger partial charge on any atom is -0.478 e. The van der Waals surface area contributed by atoms with Crippen LogP contribution in [-0.2, 0) is 6.54 Å². The molecule has 0 radical (unpaired) electrons. The van der Waals surface area contributed by atoms with Gasteiger partial charge in [-0.25, -0.2) is 9.80 Å². The van der Waals surface area contributed by atoms with Crippen molar-refractivity contribution in [1.82, 2.24) is 10.3 Å². The number of nitrogens with one attached hydrogen (secondary N) is 1. The minimum absolute atomic E-state index is 0.238. The summed E-state index contributed by atoms with van der Waals surface area (Å²) in [6.07, 6.45) is 3.44. The van der Waals surface area contributed by atoms with E-state index in [9.17, 15) is 4.79 Å². The number of aromatic carboxylic acids is 1. The molecule has 0 aliphatic heterocycles. The largest absolute Gasteiger partial charge is 0.478 e. The number of carbonyl (C=O) groups is 1. The second kappa shape index (κ2) is 8.75. The van der Waals surface area contributed by atoms with Gasteiger partial charge in [0, 0.05) is 7.05 Å². The minimum atomic E-state index is -0.954. The van der Waals surface area contributed by atoms with Crippen molar-refractivity contribution in [2.24, 2.45) is 5.10 Å². The lowest BCUT2D eigenvalue weighted by molar-refractivity contribution is 0.0697. The topological polar surface area (TPSA) is 64.9 Å². The molecule has 2 aromatic rings. The van der Waals surface area contributed by atoms with Crippen LogP contribution in [0.1, 0.15) is 27.0 Å². The Kier molecular flexibility index (Phi) is 6.42. The second-order valence-corrected chi connectivity index (χ2v) is 5.62. The zero-order valence-electron chi connectivity index (χ0n) is 13.8. The zero-order chi connectivity index (χ0) is 18.2. The van der Waals surface area contributed by atoms with Crippen LogP contribution in [0.15, 0.2) is 60.2 Å². The van der Waals surface area contributed by atoms with Crippen molar-refractivity contribution in [3.8, 4) is 0 Å². The van der Waals surface area contributed by atoms with E-state index in [0.717, 1.165) is 16.7 Å². The Morgan fingerprint density at radius 1 is 1.20 bits per heavy atom. The van der Waals surface area contributed by atoms with Crippen molar-refractivity contribution in [2.45, 2.75) is 6.54 Å². The van der Waals surface area contributed by atoms with Gasteiger partial charge in [0.2, 0.25) is 0 Å². The standard InChI is InChI=1S/C19H19N3O2S/c1-3-14-4-6-16(7-5-14)13-22(19(25)20-2)21-12-15-8-10-17(11-9-15)18(23)24/h3-12H,1,13H2,2H3,(H,20,25)(H,23,24). The van der Waals surface area contributed by atoms with Crippen LogP contribution < -0.4 is 5.32 Å². The van der Waals surface area contributed by atoms with Crippen LogP contribution in [0.4, 0.5) is 0 Å². The molecular formula is C19H19N3O2S. The average Bonchev–Trinajstić information content (AvgIpc) is 2.65. The number of carboxylic acid groups (broad SMARTS) is 1. The normalized spacial score (nSPS) is 10.4. The molecule has 0 aliphatic rings. The van der Waals surface area contributed by atoms with Gasteiger partial charge < -0.3 is 10.4 Å². The number of thiocarbonyl (C=S) groups is 1. The van der Waals surface area contributed by atoms with E-state index in [-0.39, 0.29) is 5.56 Å². The Morgan fingerprint density at radius 3 is 2.32 bits per heavy atom. The molecule has 0 aromatic heterocycles. The van der Waals surface area contributed by atoms with Crippen LogP contribution in [0.3, 0.4) is 0 Å². The molecule has 0 saturated carbocycles. The Balaban J connectivity index is 2.14. The molecule has 5 nitrogen and oxygen atoms in total. The van der Waals surface area contributed by atoms with Gasteiger partial charge in [0.05, 0.1) is 18.3 Å². The van der Waals surface area contributed by atoms with Gasteiger partial charge in [0.15, 0.2) is 5.11 Å². The molecule has 0 saturated heterocycles. The van der Waals surface area contributed by atoms with E-state index >= 15 is 0 Å². The van der Waals surface area contributed by atoms with Crippen molar-refractivity contribution < 1.29 is 9.90 Å². The molecule has 0 aliphatic carbocycles. The molecule has 0 bridgehead atoms. The first-order chi connectivity index (χ1) is 12.0. The number of carboxylic acids is 1. The highest BCUT2D eigenvalue weighted by Crippen LogP contribution is 2.10. The molecule has 0 atom stereocenters. The van der Waals surface area contributed by atoms with E-state index in [1.165, 1.54) is 0 Å². The average molecular weight is 353 g/mol. The van der Waals surface area contributed by atoms with Gasteiger partial charge in [0.25, 0.3) is 0 Å². The van der Waals surface area contributed by atoms with Crippen LogP contribution in [0.2, 0.25) is 0 Å². The van der Waals surface area contributed by atoms with Crippen molar-refractivity contribution >= 4 is 35.6 Å². The Hall–Kier alpha value is -2.99. The number of rotatable bonds is 6. The molecule has 0 amide bonds. The molecule has 0 heterocycles. The van der Waals surface area contributed by atoms with Gasteiger partial charge in [-0.2, -0.15) is 5.10 Å². The molecule has 128 valence electrons. The van der Waals surface area contributed by atoms with Crippen LogP contribution >= 0.6 is 12.2 Å². The molecule has 6 heteroatoms. The van der Waals surface area contributed by atoms with E-state index in [4.69, 9.17) is 17.3 Å². The van der Waals surface area contributed by atoms with Gasteiger partial charge in [-0.15, -0.1) is 0 Å². The Labute approximate surface area is 152 Å². The number of hydrogen-bond acceptors (Lipinski definition) is 3. The van der Waals surface area contributed by atoms with Crippen LogP contribution in [0, 0.1) is 0 Å². The van der Waals surface area contributed by atoms with Gasteiger partial charge in [-0.3, -0.25) is 0 Å². The van der Waals surface area contributed by atoms with Crippen molar-refractivity contribution in [3.63, 3.8) is 0 Å². The lowest BCUT2D eigenvalue weighted by Gasteiger charge is -2.19. The van der Waals surface area contributed by atoms with Crippen LogP contribution in [-0.4, -0.2) is 34.5 Å². The number of hydrazone groups is 1. The fourth-order valence-electron chi connectivity index (χ4n) is 2.07. The maximum absolute atomic E-state index is 10.9. The third-order valence-electron chi connectivity index (χ3n) is 3.50. The predicted molar refractivity (Wildman–Crippen MR) is 105 cm³/mol. The molecule has 0 unspecified atom stereocenters. The lowest BCUT2D eigenvalue weighted by Crippen LogP contribution is -2.33. The summed E-state index contributed by atoms with van der Waals surface area (Å²) in [5.41, 5.74) is 3.13. The van der Waals surface area contributed by atoms with E-state index in [2.05, 4.69) is 17.0 Å². The first-order valence-corrected chi connectivity index (χ1v) is 8.02. The Bertz CT molecular complexity index is 783. The summed E-state index contributed by atoms with van der Waals surface area (Å²) in [5, 5.41) is 18.4. The predicted octanol–water partition coefficient (Wildman–Crippen LogP) is 3.37. The van der Waals surface area contributed by atoms with Crippen molar-refractivity contribution in [2.75, 3.05) is 7.05 Å². The highest BCUT2D eigenvalue weighted by molar-refractivity contribution is 7.80. The Morgan fingerprint density at radius 2 is 1.80 bits per heavy atom. The molecule has 2 N–H and O–H groups in total. The summed E-state index contributed by atoms with van der Waals surface area (Å²) in [7, 11) is 1.74. The van der Waals surface area contributed by atoms with E-state index < -0.39 is 5.97 Å². The van der Waals surface area contributed by atoms with Crippen molar-refractivity contribution in [3.05, 3.63) is 77.4 Å². The van der Waals surface area contributed by atoms with E-state index in [0.29, 0.717) is 11.7 Å². The van der Waals surface area contributed by atoms with Gasteiger partial charge >= 0.3 is 5.97 Å². The SMILES string of the molecule is C=Cc1ccc(CN(N=Cc2ccc(C(=O)O)cc2)C(=S)NC)cc1. The first-order valence-electron chi connectivity index (χ1n) is 7.61. The van der Waals surface area contributed by atoms with Crippen molar-refractivity contribution in [1.29, 1.82) is 0 Å². The summed E-state index contributed by atoms with van der Waals surface area (Å²) < 4.78 is 0. The van der Waals surface area contributed by atoms with E-state index in [1.54, 1.807) is 48.6 Å². The zero-order valence-corrected chi connectivity index (χ0v) is 14.7. The summed E-state index contributed by atoms with van der Waals surface area (Å²) >= 11 is 5.30. The molecule has 0 fully saturated rings. The van der Waals surface area contributed by atoms with Crippen LogP contribution in [0.5, 0.6) is 0 Å². The molecule has 0 spiro atoms. The molecule has 2 aromatic carbocycles. The fourth-order valence-corrected chi connectivity index (χ4v) is 2.19. The van der Waals surface area contributed by atoms with Gasteiger partial charge in [-0.05, 0) is 41.0 Å². The van der Waals surface area contributed by atoms with Gasteiger partial charge in [0.1, 0.15) is 0 Å². The van der Waals surface area contributed by atoms with Crippen LogP contribution in [0.25, 0.3) is 6.08 Å². The molecule has 2 rings (SSSR count). The third-order valence-corrected chi connectivity index (χ3v) is 3.91. The number of benzene rings is 2.